The van der Waals surface area contributed by atoms with Gasteiger partial charge in [-0.15, -0.1) is 0 Å². The molecular weight excluding hydrogens is 298 g/mol. The molecule has 0 unspecified atom stereocenters. The molecule has 4 nitrogen and oxygen atoms in total. The van der Waals surface area contributed by atoms with Crippen molar-refractivity contribution in [1.29, 1.82) is 0 Å². The van der Waals surface area contributed by atoms with Gasteiger partial charge in [-0.2, -0.15) is 0 Å². The van der Waals surface area contributed by atoms with Crippen molar-refractivity contribution in [2.45, 2.75) is 19.3 Å². The number of carbonyl (C=O) groups is 1. The number of anilines is 1. The maximum atomic E-state index is 12.5. The van der Waals surface area contributed by atoms with E-state index in [2.05, 4.69) is 27.4 Å². The van der Waals surface area contributed by atoms with Gasteiger partial charge in [-0.05, 0) is 42.5 Å². The van der Waals surface area contributed by atoms with Crippen LogP contribution in [0.1, 0.15) is 28.0 Å². The Hall–Kier alpha value is -3.01. The predicted molar refractivity (Wildman–Crippen MR) is 93.9 cm³/mol. The molecule has 0 radical (unpaired) electrons. The third-order valence-corrected chi connectivity index (χ3v) is 4.36. The van der Waals surface area contributed by atoms with Gasteiger partial charge < -0.3 is 5.32 Å². The molecular formula is C20H17N3O. The quantitative estimate of drug-likeness (QED) is 0.798. The zero-order valence-electron chi connectivity index (χ0n) is 13.2. The molecule has 0 fully saturated rings. The van der Waals surface area contributed by atoms with E-state index >= 15 is 0 Å². The van der Waals surface area contributed by atoms with Gasteiger partial charge in [-0.3, -0.25) is 4.79 Å². The molecule has 1 aliphatic carbocycles. The van der Waals surface area contributed by atoms with Crippen LogP contribution in [-0.2, 0) is 12.8 Å². The number of aryl methyl sites for hydroxylation is 1. The lowest BCUT2D eigenvalue weighted by Gasteiger charge is -2.09. The van der Waals surface area contributed by atoms with Gasteiger partial charge in [0.25, 0.3) is 5.91 Å². The maximum absolute atomic E-state index is 12.5. The molecule has 1 amide bonds. The molecule has 1 N–H and O–H groups in total. The van der Waals surface area contributed by atoms with Crippen LogP contribution in [0.25, 0.3) is 11.1 Å². The number of nitrogens with zero attached hydrogens (tertiary/aromatic N) is 2. The summed E-state index contributed by atoms with van der Waals surface area (Å²) in [5, 5.41) is 2.93. The van der Waals surface area contributed by atoms with E-state index in [1.165, 1.54) is 6.33 Å². The number of carbonyl (C=O) groups excluding carboxylic acids is 1. The van der Waals surface area contributed by atoms with Crippen LogP contribution in [-0.4, -0.2) is 15.9 Å². The number of benzene rings is 2. The molecule has 1 aliphatic rings. The summed E-state index contributed by atoms with van der Waals surface area (Å²) in [7, 11) is 0. The van der Waals surface area contributed by atoms with Crippen molar-refractivity contribution >= 4 is 11.7 Å². The minimum atomic E-state index is -0.137. The fourth-order valence-electron chi connectivity index (χ4n) is 3.09. The average molecular weight is 315 g/mol. The van der Waals surface area contributed by atoms with Crippen molar-refractivity contribution in [2.24, 2.45) is 0 Å². The van der Waals surface area contributed by atoms with Crippen molar-refractivity contribution in [3.63, 3.8) is 0 Å². The zero-order chi connectivity index (χ0) is 16.4. The Kier molecular flexibility index (Phi) is 3.79. The molecule has 0 saturated carbocycles. The number of rotatable bonds is 3. The van der Waals surface area contributed by atoms with Crippen molar-refractivity contribution in [3.8, 4) is 11.1 Å². The van der Waals surface area contributed by atoms with E-state index in [1.54, 1.807) is 0 Å². The van der Waals surface area contributed by atoms with Crippen LogP contribution in [0.3, 0.4) is 0 Å². The lowest BCUT2D eigenvalue weighted by Crippen LogP contribution is -2.14. The third-order valence-electron chi connectivity index (χ3n) is 4.36. The summed E-state index contributed by atoms with van der Waals surface area (Å²) >= 11 is 0. The molecule has 0 saturated heterocycles. The molecule has 0 spiro atoms. The minimum Gasteiger partial charge on any atom is -0.306 e. The second-order valence-corrected chi connectivity index (χ2v) is 5.90. The summed E-state index contributed by atoms with van der Waals surface area (Å²) in [5.41, 5.74) is 4.99. The lowest BCUT2D eigenvalue weighted by atomic mass is 10.0. The van der Waals surface area contributed by atoms with E-state index in [9.17, 15) is 4.79 Å². The summed E-state index contributed by atoms with van der Waals surface area (Å²) in [4.78, 5) is 21.0. The van der Waals surface area contributed by atoms with E-state index in [0.29, 0.717) is 11.4 Å². The van der Waals surface area contributed by atoms with E-state index < -0.39 is 0 Å². The first-order chi connectivity index (χ1) is 11.8. The number of nitrogens with one attached hydrogen (secondary N) is 1. The molecule has 0 atom stereocenters. The highest BCUT2D eigenvalue weighted by Crippen LogP contribution is 2.25. The Labute approximate surface area is 140 Å². The first-order valence-electron chi connectivity index (χ1n) is 8.11. The van der Waals surface area contributed by atoms with Crippen molar-refractivity contribution in [2.75, 3.05) is 5.32 Å². The van der Waals surface area contributed by atoms with Crippen molar-refractivity contribution < 1.29 is 4.79 Å². The predicted octanol–water partition coefficient (Wildman–Crippen LogP) is 3.88. The second kappa shape index (κ2) is 6.24. The van der Waals surface area contributed by atoms with Gasteiger partial charge in [0, 0.05) is 16.8 Å². The van der Waals surface area contributed by atoms with Gasteiger partial charge in [0.05, 0.1) is 0 Å². The molecule has 3 aromatic rings. The van der Waals surface area contributed by atoms with Crippen LogP contribution in [0.5, 0.6) is 0 Å². The number of amides is 1. The largest absolute Gasteiger partial charge is 0.306 e. The molecule has 1 aromatic heterocycles. The summed E-state index contributed by atoms with van der Waals surface area (Å²) in [5.74, 6) is 0.511. The summed E-state index contributed by atoms with van der Waals surface area (Å²) < 4.78 is 0. The van der Waals surface area contributed by atoms with Crippen LogP contribution in [0.2, 0.25) is 0 Å². The number of fused-ring (bicyclic) bond motifs is 1. The van der Waals surface area contributed by atoms with Gasteiger partial charge >= 0.3 is 0 Å². The van der Waals surface area contributed by atoms with Gasteiger partial charge in [-0.1, -0.05) is 42.5 Å². The average Bonchev–Trinajstić information content (AvgIpc) is 3.12. The van der Waals surface area contributed by atoms with Gasteiger partial charge in [-0.25, -0.2) is 9.97 Å². The molecule has 0 aliphatic heterocycles. The molecule has 1 heterocycles. The van der Waals surface area contributed by atoms with Crippen LogP contribution < -0.4 is 5.32 Å². The molecule has 118 valence electrons. The molecule has 2 aromatic carbocycles. The first-order valence-corrected chi connectivity index (χ1v) is 8.11. The molecule has 0 bridgehead atoms. The Bertz CT molecular complexity index is 873. The zero-order valence-corrected chi connectivity index (χ0v) is 13.2. The molecule has 4 heteroatoms. The van der Waals surface area contributed by atoms with Crippen LogP contribution in [0, 0.1) is 0 Å². The van der Waals surface area contributed by atoms with E-state index in [0.717, 1.165) is 41.6 Å². The second-order valence-electron chi connectivity index (χ2n) is 5.90. The highest BCUT2D eigenvalue weighted by Gasteiger charge is 2.18. The Morgan fingerprint density at radius 1 is 0.875 bits per heavy atom. The van der Waals surface area contributed by atoms with Gasteiger partial charge in [0.15, 0.2) is 0 Å². The van der Waals surface area contributed by atoms with E-state index in [-0.39, 0.29) is 5.91 Å². The molecule has 4 rings (SSSR count). The summed E-state index contributed by atoms with van der Waals surface area (Å²) in [6.07, 6.45) is 4.49. The SMILES string of the molecule is O=C(Nc1ncnc2c1CCC2)c1ccc(-c2ccccc2)cc1. The van der Waals surface area contributed by atoms with E-state index in [1.807, 2.05) is 42.5 Å². The lowest BCUT2D eigenvalue weighted by molar-refractivity contribution is 0.102. The fraction of sp³-hybridized carbons (Fsp3) is 0.150. The number of aromatic nitrogens is 2. The van der Waals surface area contributed by atoms with Gasteiger partial charge in [0.1, 0.15) is 12.1 Å². The topological polar surface area (TPSA) is 54.9 Å². The normalized spacial score (nSPS) is 12.7. The Morgan fingerprint density at radius 2 is 1.62 bits per heavy atom. The monoisotopic (exact) mass is 315 g/mol. The summed E-state index contributed by atoms with van der Waals surface area (Å²) in [6.45, 7) is 0. The highest BCUT2D eigenvalue weighted by molar-refractivity contribution is 6.04. The highest BCUT2D eigenvalue weighted by atomic mass is 16.1. The summed E-state index contributed by atoms with van der Waals surface area (Å²) in [6, 6.07) is 17.7. The fourth-order valence-corrected chi connectivity index (χ4v) is 3.09. The van der Waals surface area contributed by atoms with Gasteiger partial charge in [0.2, 0.25) is 0 Å². The third kappa shape index (κ3) is 2.78. The van der Waals surface area contributed by atoms with Crippen molar-refractivity contribution in [3.05, 3.63) is 77.7 Å². The van der Waals surface area contributed by atoms with Crippen molar-refractivity contribution in [1.82, 2.24) is 9.97 Å². The van der Waals surface area contributed by atoms with E-state index in [4.69, 9.17) is 0 Å². The Balaban J connectivity index is 1.54. The first kappa shape index (κ1) is 14.6. The number of hydrogen-bond donors (Lipinski definition) is 1. The molecule has 24 heavy (non-hydrogen) atoms. The van der Waals surface area contributed by atoms with Crippen LogP contribution in [0.4, 0.5) is 5.82 Å². The minimum absolute atomic E-state index is 0.137. The van der Waals surface area contributed by atoms with Crippen LogP contribution >= 0.6 is 0 Å². The Morgan fingerprint density at radius 3 is 2.42 bits per heavy atom. The maximum Gasteiger partial charge on any atom is 0.256 e. The standard InChI is InChI=1S/C20H17N3O/c24-20(23-19-17-7-4-8-18(17)21-13-22-19)16-11-9-15(10-12-16)14-5-2-1-3-6-14/h1-3,5-6,9-13H,4,7-8H2,(H,21,22,23,24). The number of hydrogen-bond acceptors (Lipinski definition) is 3. The smallest absolute Gasteiger partial charge is 0.256 e. The van der Waals surface area contributed by atoms with Crippen LogP contribution in [0.15, 0.2) is 60.9 Å².